The van der Waals surface area contributed by atoms with Crippen molar-refractivity contribution in [3.63, 3.8) is 0 Å². The predicted octanol–water partition coefficient (Wildman–Crippen LogP) is 2.41. The van der Waals surface area contributed by atoms with Crippen LogP contribution in [0, 0.1) is 0 Å². The molecule has 0 saturated heterocycles. The molecule has 0 aliphatic heterocycles. The van der Waals surface area contributed by atoms with Gasteiger partial charge in [0, 0.05) is 0 Å². The van der Waals surface area contributed by atoms with Gasteiger partial charge in [-0.3, -0.25) is 0 Å². The highest BCUT2D eigenvalue weighted by Crippen LogP contribution is 2.44. The van der Waals surface area contributed by atoms with Crippen LogP contribution >= 0.6 is 95.6 Å². The number of halogens is 6. The average Bonchev–Trinajstić information content (AvgIpc) is 1.77. The first kappa shape index (κ1) is 18.0. The highest BCUT2D eigenvalue weighted by atomic mass is 80.0. The van der Waals surface area contributed by atoms with Gasteiger partial charge in [-0.1, -0.05) is 0 Å². The van der Waals surface area contributed by atoms with Crippen molar-refractivity contribution in [3.05, 3.63) is 0 Å². The standard InChI is InChI=1S/C2H2Br6O4S2Si/c3-1(4,5)13(9,10)15-14(11,12)2(6,7)8/h15H2. The second-order valence-electron chi connectivity index (χ2n) is 2.24. The smallest absolute Gasteiger partial charge is 0.232 e. The first-order valence-electron chi connectivity index (χ1n) is 2.79. The van der Waals surface area contributed by atoms with Crippen LogP contribution in [0.1, 0.15) is 0 Å². The van der Waals surface area contributed by atoms with Gasteiger partial charge in [-0.15, -0.1) is 0 Å². The lowest BCUT2D eigenvalue weighted by Gasteiger charge is -2.17. The van der Waals surface area contributed by atoms with Gasteiger partial charge in [-0.2, -0.15) is 0 Å². The zero-order valence-corrected chi connectivity index (χ0v) is 19.0. The van der Waals surface area contributed by atoms with Crippen molar-refractivity contribution in [2.45, 2.75) is 2.95 Å². The van der Waals surface area contributed by atoms with Gasteiger partial charge in [0.05, 0.1) is 0 Å². The first-order chi connectivity index (χ1) is 6.21. The summed E-state index contributed by atoms with van der Waals surface area (Å²) in [5.74, 6) is 0. The Balaban J connectivity index is 5.28. The summed E-state index contributed by atoms with van der Waals surface area (Å²) >= 11 is 16.7. The molecule has 0 bridgehead atoms. The van der Waals surface area contributed by atoms with Crippen LogP contribution in [0.3, 0.4) is 0 Å². The van der Waals surface area contributed by atoms with Crippen LogP contribution in [0.25, 0.3) is 0 Å². The van der Waals surface area contributed by atoms with Crippen molar-refractivity contribution in [2.24, 2.45) is 0 Å². The summed E-state index contributed by atoms with van der Waals surface area (Å²) in [6, 6.07) is 0. The topological polar surface area (TPSA) is 68.3 Å². The van der Waals surface area contributed by atoms with E-state index >= 15 is 0 Å². The van der Waals surface area contributed by atoms with Gasteiger partial charge in [0.25, 0.3) is 0 Å². The summed E-state index contributed by atoms with van der Waals surface area (Å²) in [7, 11) is -10.1. The Morgan fingerprint density at radius 2 is 0.867 bits per heavy atom. The van der Waals surface area contributed by atoms with Crippen LogP contribution in [-0.4, -0.2) is 27.6 Å². The first-order valence-corrected chi connectivity index (χ1v) is 14.3. The van der Waals surface area contributed by atoms with Crippen LogP contribution in [0.15, 0.2) is 0 Å². The highest BCUT2D eigenvalue weighted by molar-refractivity contribution is 9.44. The fraction of sp³-hybridized carbons (Fsp3) is 1.00. The molecule has 0 aliphatic carbocycles. The van der Waals surface area contributed by atoms with Crippen molar-refractivity contribution in [1.29, 1.82) is 0 Å². The summed E-state index contributed by atoms with van der Waals surface area (Å²) < 4.78 is 43.2. The average molecular weight is 662 g/mol. The van der Waals surface area contributed by atoms with Crippen LogP contribution < -0.4 is 0 Å². The van der Waals surface area contributed by atoms with E-state index in [2.05, 4.69) is 95.6 Å². The maximum Gasteiger partial charge on any atom is 0.308 e. The number of hydrogen-bond acceptors (Lipinski definition) is 4. The molecule has 0 unspecified atom stereocenters. The molecule has 0 amide bonds. The molecular weight excluding hydrogens is 660 g/mol. The quantitative estimate of drug-likeness (QED) is 0.337. The molecular formula is C2H2Br6O4S2Si. The molecule has 0 heterocycles. The van der Waals surface area contributed by atoms with Crippen LogP contribution in [0.4, 0.5) is 0 Å². The Kier molecular flexibility index (Phi) is 6.66. The number of hydrogen-bond donors (Lipinski definition) is 0. The van der Waals surface area contributed by atoms with E-state index in [9.17, 15) is 16.8 Å². The third-order valence-corrected chi connectivity index (χ3v) is 29.6. The van der Waals surface area contributed by atoms with Gasteiger partial charge in [0.15, 0.2) is 18.6 Å². The molecule has 0 aromatic heterocycles. The lowest BCUT2D eigenvalue weighted by molar-refractivity contribution is 0.608. The van der Waals surface area contributed by atoms with Gasteiger partial charge < -0.3 is 0 Å². The molecule has 0 N–H and O–H groups in total. The van der Waals surface area contributed by atoms with Crippen molar-refractivity contribution >= 4 is 122 Å². The van der Waals surface area contributed by atoms with E-state index in [-0.39, 0.29) is 0 Å². The van der Waals surface area contributed by atoms with E-state index in [1.807, 2.05) is 0 Å². The number of rotatable bonds is 2. The third-order valence-electron chi connectivity index (χ3n) is 1.02. The van der Waals surface area contributed by atoms with E-state index in [0.717, 1.165) is 0 Å². The highest BCUT2D eigenvalue weighted by Gasteiger charge is 2.46. The molecule has 0 spiro atoms. The predicted molar refractivity (Wildman–Crippen MR) is 85.4 cm³/mol. The Bertz CT molecular complexity index is 385. The van der Waals surface area contributed by atoms with E-state index in [1.54, 1.807) is 0 Å². The van der Waals surface area contributed by atoms with Gasteiger partial charge in [0.2, 0.25) is 2.95 Å². The Labute approximate surface area is 139 Å². The van der Waals surface area contributed by atoms with Crippen LogP contribution in [0.5, 0.6) is 0 Å². The van der Waals surface area contributed by atoms with E-state index in [1.165, 1.54) is 0 Å². The summed E-state index contributed by atoms with van der Waals surface area (Å²) in [6.45, 7) is 0. The Morgan fingerprint density at radius 1 is 0.667 bits per heavy atom. The molecule has 0 fully saturated rings. The van der Waals surface area contributed by atoms with Crippen molar-refractivity contribution in [3.8, 4) is 0 Å². The van der Waals surface area contributed by atoms with Crippen molar-refractivity contribution in [1.82, 2.24) is 0 Å². The fourth-order valence-corrected chi connectivity index (χ4v) is 24.3. The summed E-state index contributed by atoms with van der Waals surface area (Å²) in [6.07, 6.45) is 0. The molecule has 0 aromatic rings. The molecule has 0 aromatic carbocycles. The van der Waals surface area contributed by atoms with Gasteiger partial charge >= 0.3 is 7.82 Å². The third kappa shape index (κ3) is 5.24. The molecule has 15 heavy (non-hydrogen) atoms. The van der Waals surface area contributed by atoms with Crippen LogP contribution in [0.2, 0.25) is 0 Å². The summed E-state index contributed by atoms with van der Waals surface area (Å²) in [5, 5.41) is 0. The van der Waals surface area contributed by atoms with Crippen LogP contribution in [-0.2, 0) is 18.6 Å². The minimum absolute atomic E-state index is 1.60. The minimum atomic E-state index is -3.83. The van der Waals surface area contributed by atoms with Gasteiger partial charge in [-0.25, -0.2) is 16.8 Å². The van der Waals surface area contributed by atoms with Gasteiger partial charge in [0.1, 0.15) is 0 Å². The molecule has 0 atom stereocenters. The molecule has 0 rings (SSSR count). The van der Waals surface area contributed by atoms with Gasteiger partial charge in [-0.05, 0) is 95.6 Å². The maximum atomic E-state index is 11.6. The van der Waals surface area contributed by atoms with Crippen molar-refractivity contribution < 1.29 is 16.8 Å². The van der Waals surface area contributed by atoms with E-state index in [4.69, 9.17) is 0 Å². The largest absolute Gasteiger partial charge is 0.308 e. The lowest BCUT2D eigenvalue weighted by Crippen LogP contribution is -2.35. The maximum absolute atomic E-state index is 11.6. The molecule has 0 aliphatic rings. The zero-order chi connectivity index (χ0) is 12.7. The number of alkyl halides is 6. The molecule has 4 nitrogen and oxygen atoms in total. The monoisotopic (exact) mass is 655 g/mol. The minimum Gasteiger partial charge on any atom is -0.232 e. The molecule has 13 heteroatoms. The summed E-state index contributed by atoms with van der Waals surface area (Å²) in [4.78, 5) is 0. The zero-order valence-electron chi connectivity index (χ0n) is 6.42. The molecule has 0 saturated carbocycles. The lowest BCUT2D eigenvalue weighted by atomic mass is 11.9. The van der Waals surface area contributed by atoms with E-state index in [0.29, 0.717) is 0 Å². The molecule has 0 radical (unpaired) electrons. The Morgan fingerprint density at radius 3 is 1.00 bits per heavy atom. The fourth-order valence-electron chi connectivity index (χ4n) is 0.338. The second kappa shape index (κ2) is 5.55. The second-order valence-corrected chi connectivity index (χ2v) is 30.2. The SMILES string of the molecule is O=S(=O)([SiH2]S(=O)(=O)C(Br)(Br)Br)C(Br)(Br)Br. The van der Waals surface area contributed by atoms with Crippen molar-refractivity contribution in [2.75, 3.05) is 0 Å². The normalized spacial score (nSPS) is 15.3. The molecule has 92 valence electrons. The van der Waals surface area contributed by atoms with E-state index < -0.39 is 29.3 Å². The summed E-state index contributed by atoms with van der Waals surface area (Å²) in [5.41, 5.74) is 0. The Hall–Kier alpha value is 3.00.